The summed E-state index contributed by atoms with van der Waals surface area (Å²) in [5.41, 5.74) is -0.726. The number of rotatable bonds is 7. The molecule has 0 saturated heterocycles. The molecule has 0 unspecified atom stereocenters. The number of nitro benzene ring substituents is 1. The molecule has 0 fully saturated rings. The summed E-state index contributed by atoms with van der Waals surface area (Å²) in [7, 11) is 0. The number of benzene rings is 2. The van der Waals surface area contributed by atoms with E-state index in [9.17, 15) is 24.1 Å². The number of carbonyl (C=O) groups is 2. The molecule has 2 aromatic carbocycles. The first-order chi connectivity index (χ1) is 12.4. The van der Waals surface area contributed by atoms with Crippen LogP contribution in [-0.2, 0) is 14.3 Å². The number of halogens is 1. The second kappa shape index (κ2) is 8.95. The van der Waals surface area contributed by atoms with Gasteiger partial charge in [-0.1, -0.05) is 18.2 Å². The van der Waals surface area contributed by atoms with E-state index in [1.807, 2.05) is 30.3 Å². The lowest BCUT2D eigenvalue weighted by Crippen LogP contribution is -2.30. The lowest BCUT2D eigenvalue weighted by atomic mass is 10.2. The first-order valence-electron chi connectivity index (χ1n) is 7.49. The molecule has 0 spiro atoms. The van der Waals surface area contributed by atoms with E-state index in [1.165, 1.54) is 24.8 Å². The van der Waals surface area contributed by atoms with Crippen molar-refractivity contribution in [3.8, 4) is 0 Å². The minimum absolute atomic E-state index is 0.0314. The fourth-order valence-electron chi connectivity index (χ4n) is 1.92. The Labute approximate surface area is 152 Å². The summed E-state index contributed by atoms with van der Waals surface area (Å²) in [4.78, 5) is 34.5. The van der Waals surface area contributed by atoms with E-state index in [4.69, 9.17) is 4.74 Å². The van der Waals surface area contributed by atoms with Crippen molar-refractivity contribution in [1.82, 2.24) is 0 Å². The molecule has 0 heterocycles. The zero-order valence-corrected chi connectivity index (χ0v) is 14.5. The normalized spacial score (nSPS) is 11.5. The number of hydrogen-bond donors (Lipinski definition) is 1. The number of thioether (sulfide) groups is 1. The van der Waals surface area contributed by atoms with Gasteiger partial charge in [0.2, 0.25) is 5.82 Å². The van der Waals surface area contributed by atoms with Gasteiger partial charge in [-0.2, -0.15) is 4.39 Å². The van der Waals surface area contributed by atoms with E-state index in [1.54, 1.807) is 0 Å². The molecular weight excluding hydrogens is 363 g/mol. The maximum Gasteiger partial charge on any atom is 0.317 e. The van der Waals surface area contributed by atoms with Gasteiger partial charge in [0, 0.05) is 16.6 Å². The highest BCUT2D eigenvalue weighted by Gasteiger charge is 2.20. The SMILES string of the molecule is C[C@H](OC(=O)CSc1ccccc1)C(=O)Nc1ccc(F)c([N+](=O)[O-])c1. The summed E-state index contributed by atoms with van der Waals surface area (Å²) in [5.74, 6) is -2.23. The predicted octanol–water partition coefficient (Wildman–Crippen LogP) is 3.40. The maximum absolute atomic E-state index is 13.3. The molecule has 1 N–H and O–H groups in total. The van der Waals surface area contributed by atoms with E-state index in [0.29, 0.717) is 0 Å². The molecule has 2 rings (SSSR count). The van der Waals surface area contributed by atoms with Crippen molar-refractivity contribution in [1.29, 1.82) is 0 Å². The molecule has 0 aliphatic carbocycles. The molecule has 2 aromatic rings. The summed E-state index contributed by atoms with van der Waals surface area (Å²) in [6, 6.07) is 12.2. The minimum Gasteiger partial charge on any atom is -0.452 e. The fourth-order valence-corrected chi connectivity index (χ4v) is 2.62. The predicted molar refractivity (Wildman–Crippen MR) is 94.4 cm³/mol. The van der Waals surface area contributed by atoms with Crippen LogP contribution in [0.5, 0.6) is 0 Å². The van der Waals surface area contributed by atoms with E-state index in [2.05, 4.69) is 5.32 Å². The van der Waals surface area contributed by atoms with E-state index >= 15 is 0 Å². The number of ether oxygens (including phenoxy) is 1. The van der Waals surface area contributed by atoms with Crippen molar-refractivity contribution in [2.75, 3.05) is 11.1 Å². The third-order valence-corrected chi connectivity index (χ3v) is 4.17. The fraction of sp³-hybridized carbons (Fsp3) is 0.176. The Morgan fingerprint density at radius 3 is 2.62 bits per heavy atom. The lowest BCUT2D eigenvalue weighted by molar-refractivity contribution is -0.387. The minimum atomic E-state index is -1.11. The number of carbonyl (C=O) groups excluding carboxylic acids is 2. The average Bonchev–Trinajstić information content (AvgIpc) is 2.62. The Morgan fingerprint density at radius 2 is 1.96 bits per heavy atom. The first kappa shape index (κ1) is 19.4. The zero-order chi connectivity index (χ0) is 19.1. The molecule has 0 bridgehead atoms. The number of esters is 1. The van der Waals surface area contributed by atoms with Crippen LogP contribution in [0.4, 0.5) is 15.8 Å². The van der Waals surface area contributed by atoms with Gasteiger partial charge in [-0.3, -0.25) is 19.7 Å². The number of amides is 1. The quantitative estimate of drug-likeness (QED) is 0.343. The molecule has 0 aromatic heterocycles. The summed E-state index contributed by atoms with van der Waals surface area (Å²) in [6.45, 7) is 1.37. The number of nitrogens with zero attached hydrogens (tertiary/aromatic N) is 1. The standard InChI is InChI=1S/C17H15FN2O5S/c1-11(25-16(21)10-26-13-5-3-2-4-6-13)17(22)19-12-7-8-14(18)15(9-12)20(23)24/h2-9,11H,10H2,1H3,(H,19,22)/t11-/m0/s1. The van der Waals surface area contributed by atoms with Crippen molar-refractivity contribution in [2.24, 2.45) is 0 Å². The van der Waals surface area contributed by atoms with Gasteiger partial charge in [-0.25, -0.2) is 0 Å². The van der Waals surface area contributed by atoms with Gasteiger partial charge in [-0.15, -0.1) is 11.8 Å². The van der Waals surface area contributed by atoms with Crippen LogP contribution in [0.1, 0.15) is 6.92 Å². The highest BCUT2D eigenvalue weighted by atomic mass is 32.2. The second-order valence-electron chi connectivity index (χ2n) is 5.15. The maximum atomic E-state index is 13.3. The largest absolute Gasteiger partial charge is 0.452 e. The number of hydrogen-bond acceptors (Lipinski definition) is 6. The van der Waals surface area contributed by atoms with Crippen molar-refractivity contribution < 1.29 is 23.6 Å². The number of anilines is 1. The van der Waals surface area contributed by atoms with Crippen LogP contribution >= 0.6 is 11.8 Å². The Bertz CT molecular complexity index is 816. The Kier molecular flexibility index (Phi) is 6.67. The molecule has 9 heteroatoms. The molecule has 136 valence electrons. The molecule has 1 atom stereocenters. The molecule has 0 aliphatic heterocycles. The van der Waals surface area contributed by atoms with E-state index in [-0.39, 0.29) is 11.4 Å². The van der Waals surface area contributed by atoms with Crippen LogP contribution in [0.3, 0.4) is 0 Å². The van der Waals surface area contributed by atoms with Gasteiger partial charge < -0.3 is 10.1 Å². The van der Waals surface area contributed by atoms with Gasteiger partial charge in [0.15, 0.2) is 6.10 Å². The number of nitro groups is 1. The molecule has 1 amide bonds. The van der Waals surface area contributed by atoms with Gasteiger partial charge >= 0.3 is 11.7 Å². The van der Waals surface area contributed by atoms with Crippen molar-refractivity contribution in [2.45, 2.75) is 17.9 Å². The van der Waals surface area contributed by atoms with Gasteiger partial charge in [0.25, 0.3) is 5.91 Å². The molecule has 7 nitrogen and oxygen atoms in total. The van der Waals surface area contributed by atoms with Crippen LogP contribution < -0.4 is 5.32 Å². The van der Waals surface area contributed by atoms with E-state index in [0.717, 1.165) is 17.0 Å². The van der Waals surface area contributed by atoms with Crippen LogP contribution in [0, 0.1) is 15.9 Å². The smallest absolute Gasteiger partial charge is 0.317 e. The van der Waals surface area contributed by atoms with Crippen LogP contribution in [0.2, 0.25) is 0 Å². The molecule has 26 heavy (non-hydrogen) atoms. The summed E-state index contributed by atoms with van der Waals surface area (Å²) < 4.78 is 18.3. The summed E-state index contributed by atoms with van der Waals surface area (Å²) >= 11 is 1.27. The van der Waals surface area contributed by atoms with E-state index < -0.39 is 34.4 Å². The van der Waals surface area contributed by atoms with Gasteiger partial charge in [-0.05, 0) is 31.2 Å². The van der Waals surface area contributed by atoms with Crippen molar-refractivity contribution in [3.05, 3.63) is 64.5 Å². The van der Waals surface area contributed by atoms with Gasteiger partial charge in [0.1, 0.15) is 0 Å². The highest BCUT2D eigenvalue weighted by molar-refractivity contribution is 8.00. The summed E-state index contributed by atoms with van der Waals surface area (Å²) in [5, 5.41) is 13.1. The Balaban J connectivity index is 1.88. The molecule has 0 saturated carbocycles. The molecule has 0 radical (unpaired) electrons. The average molecular weight is 378 g/mol. The van der Waals surface area contributed by atoms with Crippen LogP contribution in [0.15, 0.2) is 53.4 Å². The zero-order valence-electron chi connectivity index (χ0n) is 13.7. The van der Waals surface area contributed by atoms with Crippen LogP contribution in [0.25, 0.3) is 0 Å². The summed E-state index contributed by atoms with van der Waals surface area (Å²) in [6.07, 6.45) is -1.11. The van der Waals surface area contributed by atoms with Crippen molar-refractivity contribution in [3.63, 3.8) is 0 Å². The van der Waals surface area contributed by atoms with Crippen LogP contribution in [-0.4, -0.2) is 28.7 Å². The molecule has 0 aliphatic rings. The van der Waals surface area contributed by atoms with Gasteiger partial charge in [0.05, 0.1) is 10.7 Å². The topological polar surface area (TPSA) is 98.5 Å². The van der Waals surface area contributed by atoms with Crippen molar-refractivity contribution >= 4 is 35.0 Å². The highest BCUT2D eigenvalue weighted by Crippen LogP contribution is 2.22. The third kappa shape index (κ3) is 5.55. The Hall–Kier alpha value is -2.94. The lowest BCUT2D eigenvalue weighted by Gasteiger charge is -2.13. The number of nitrogens with one attached hydrogen (secondary N) is 1. The second-order valence-corrected chi connectivity index (χ2v) is 6.20. The third-order valence-electron chi connectivity index (χ3n) is 3.19. The monoisotopic (exact) mass is 378 g/mol. The first-order valence-corrected chi connectivity index (χ1v) is 8.47. The Morgan fingerprint density at radius 1 is 1.27 bits per heavy atom. The molecular formula is C17H15FN2O5S.